The molecule has 114 valence electrons. The van der Waals surface area contributed by atoms with Crippen molar-refractivity contribution >= 4 is 27.8 Å². The maximum Gasteiger partial charge on any atom is 0.172 e. The van der Waals surface area contributed by atoms with Gasteiger partial charge in [-0.25, -0.2) is 0 Å². The van der Waals surface area contributed by atoms with Crippen LogP contribution in [0.5, 0.6) is 11.5 Å². The number of hydrogen-bond acceptors (Lipinski definition) is 4. The van der Waals surface area contributed by atoms with Gasteiger partial charge in [0, 0.05) is 25.1 Å². The molecule has 1 N–H and O–H groups in total. The number of likely N-dealkylation sites (tertiary alicyclic amines) is 1. The van der Waals surface area contributed by atoms with Crippen LogP contribution in [0.3, 0.4) is 0 Å². The highest BCUT2D eigenvalue weighted by atomic mass is 79.9. The molecule has 0 atom stereocenters. The molecule has 1 saturated heterocycles. The predicted octanol–water partition coefficient (Wildman–Crippen LogP) is 3.23. The zero-order valence-electron chi connectivity index (χ0n) is 12.4. The van der Waals surface area contributed by atoms with Gasteiger partial charge in [0.25, 0.3) is 0 Å². The van der Waals surface area contributed by atoms with Gasteiger partial charge in [0.2, 0.25) is 0 Å². The molecule has 1 heterocycles. The molecule has 1 aliphatic rings. The number of hydrogen-bond donors (Lipinski definition) is 1. The van der Waals surface area contributed by atoms with Crippen molar-refractivity contribution in [2.75, 3.05) is 26.2 Å². The summed E-state index contributed by atoms with van der Waals surface area (Å²) in [6, 6.07) is 3.55. The smallest absolute Gasteiger partial charge is 0.172 e. The molecule has 1 fully saturated rings. The Morgan fingerprint density at radius 1 is 1.43 bits per heavy atom. The zero-order chi connectivity index (χ0) is 15.4. The van der Waals surface area contributed by atoms with Gasteiger partial charge in [-0.1, -0.05) is 6.92 Å². The number of piperidine rings is 1. The van der Waals surface area contributed by atoms with Gasteiger partial charge in [0.1, 0.15) is 0 Å². The summed E-state index contributed by atoms with van der Waals surface area (Å²) in [6.45, 7) is 6.88. The summed E-state index contributed by atoms with van der Waals surface area (Å²) >= 11 is 3.32. The number of halogens is 1. The number of Topliss-reactive ketones (excluding diaryl/α,β-unsaturated/α-hetero) is 1. The van der Waals surface area contributed by atoms with Crippen LogP contribution in [0, 0.1) is 0 Å². The molecular weight excluding hydrogens is 334 g/mol. The lowest BCUT2D eigenvalue weighted by Crippen LogP contribution is -2.35. The Kier molecular flexibility index (Phi) is 5.42. The molecule has 0 amide bonds. The lowest BCUT2D eigenvalue weighted by Gasteiger charge is -2.26. The molecule has 0 aromatic heterocycles. The largest absolute Gasteiger partial charge is 0.503 e. The van der Waals surface area contributed by atoms with Crippen LogP contribution < -0.4 is 4.74 Å². The quantitative estimate of drug-likeness (QED) is 0.844. The van der Waals surface area contributed by atoms with E-state index < -0.39 is 0 Å². The third-order valence-corrected chi connectivity index (χ3v) is 4.15. The van der Waals surface area contributed by atoms with E-state index in [-0.39, 0.29) is 11.5 Å². The van der Waals surface area contributed by atoms with E-state index in [0.29, 0.717) is 29.8 Å². The van der Waals surface area contributed by atoms with Gasteiger partial charge in [-0.05, 0) is 53.2 Å². The fourth-order valence-electron chi connectivity index (χ4n) is 2.37. The molecular formula is C16H20BrNO3. The van der Waals surface area contributed by atoms with Gasteiger partial charge in [-0.3, -0.25) is 9.69 Å². The van der Waals surface area contributed by atoms with Crippen molar-refractivity contribution in [2.24, 2.45) is 0 Å². The van der Waals surface area contributed by atoms with Crippen LogP contribution in [-0.4, -0.2) is 42.0 Å². The molecule has 5 heteroatoms. The van der Waals surface area contributed by atoms with Gasteiger partial charge in [0.15, 0.2) is 17.3 Å². The van der Waals surface area contributed by atoms with E-state index in [0.717, 1.165) is 24.2 Å². The van der Waals surface area contributed by atoms with E-state index in [2.05, 4.69) is 27.8 Å². The second kappa shape index (κ2) is 7.09. The SMILES string of the molecule is CCOc1cc(/C=C2\CN(CC)CCC2=O)cc(Br)c1O. The Balaban J connectivity index is 2.32. The number of carbonyl (C=O) groups excluding carboxylic acids is 1. The van der Waals surface area contributed by atoms with Gasteiger partial charge in [-0.2, -0.15) is 0 Å². The molecule has 0 radical (unpaired) electrons. The van der Waals surface area contributed by atoms with Crippen LogP contribution in [0.25, 0.3) is 6.08 Å². The number of phenolic OH excluding ortho intramolecular Hbond substituents is 1. The number of carbonyl (C=O) groups is 1. The maximum absolute atomic E-state index is 12.0. The highest BCUT2D eigenvalue weighted by molar-refractivity contribution is 9.10. The van der Waals surface area contributed by atoms with Crippen molar-refractivity contribution in [2.45, 2.75) is 20.3 Å². The van der Waals surface area contributed by atoms with Crippen LogP contribution in [0.4, 0.5) is 0 Å². The molecule has 0 spiro atoms. The van der Waals surface area contributed by atoms with Crippen molar-refractivity contribution in [1.82, 2.24) is 4.90 Å². The molecule has 21 heavy (non-hydrogen) atoms. The fraction of sp³-hybridized carbons (Fsp3) is 0.438. The predicted molar refractivity (Wildman–Crippen MR) is 86.7 cm³/mol. The lowest BCUT2D eigenvalue weighted by atomic mass is 10.0. The van der Waals surface area contributed by atoms with Crippen LogP contribution in [0.15, 0.2) is 22.2 Å². The second-order valence-electron chi connectivity index (χ2n) is 4.99. The number of ketones is 1. The number of benzene rings is 1. The average molecular weight is 354 g/mol. The fourth-order valence-corrected chi connectivity index (χ4v) is 2.83. The second-order valence-corrected chi connectivity index (χ2v) is 5.85. The third-order valence-electron chi connectivity index (χ3n) is 3.55. The van der Waals surface area contributed by atoms with Crippen molar-refractivity contribution in [3.63, 3.8) is 0 Å². The first-order valence-electron chi connectivity index (χ1n) is 7.16. The Bertz CT molecular complexity index is 569. The number of nitrogens with zero attached hydrogens (tertiary/aromatic N) is 1. The van der Waals surface area contributed by atoms with Gasteiger partial charge in [0.05, 0.1) is 11.1 Å². The zero-order valence-corrected chi connectivity index (χ0v) is 13.9. The molecule has 2 rings (SSSR count). The molecule has 0 aliphatic carbocycles. The van der Waals surface area contributed by atoms with Crippen LogP contribution in [0.2, 0.25) is 0 Å². The van der Waals surface area contributed by atoms with Gasteiger partial charge in [-0.15, -0.1) is 0 Å². The summed E-state index contributed by atoms with van der Waals surface area (Å²) in [5.74, 6) is 0.709. The average Bonchev–Trinajstić information content (AvgIpc) is 2.47. The molecule has 0 bridgehead atoms. The van der Waals surface area contributed by atoms with E-state index in [4.69, 9.17) is 4.74 Å². The number of likely N-dealkylation sites (N-methyl/N-ethyl adjacent to an activating group) is 1. The van der Waals surface area contributed by atoms with Gasteiger partial charge >= 0.3 is 0 Å². The summed E-state index contributed by atoms with van der Waals surface area (Å²) in [7, 11) is 0. The molecule has 0 unspecified atom stereocenters. The topological polar surface area (TPSA) is 49.8 Å². The molecule has 1 aliphatic heterocycles. The maximum atomic E-state index is 12.0. The Labute approximate surface area is 133 Å². The van der Waals surface area contributed by atoms with Crippen molar-refractivity contribution in [1.29, 1.82) is 0 Å². The molecule has 1 aromatic carbocycles. The highest BCUT2D eigenvalue weighted by Crippen LogP contribution is 2.36. The van der Waals surface area contributed by atoms with E-state index in [9.17, 15) is 9.90 Å². The lowest BCUT2D eigenvalue weighted by molar-refractivity contribution is -0.117. The van der Waals surface area contributed by atoms with E-state index in [1.54, 1.807) is 12.1 Å². The summed E-state index contributed by atoms with van der Waals surface area (Å²) in [6.07, 6.45) is 2.45. The van der Waals surface area contributed by atoms with Crippen molar-refractivity contribution < 1.29 is 14.6 Å². The van der Waals surface area contributed by atoms with Gasteiger partial charge < -0.3 is 9.84 Å². The number of aromatic hydroxyl groups is 1. The van der Waals surface area contributed by atoms with Crippen molar-refractivity contribution in [3.8, 4) is 11.5 Å². The first-order valence-corrected chi connectivity index (χ1v) is 7.95. The minimum Gasteiger partial charge on any atom is -0.503 e. The first kappa shape index (κ1) is 16.0. The normalized spacial score (nSPS) is 18.2. The number of ether oxygens (including phenoxy) is 1. The Morgan fingerprint density at radius 2 is 2.19 bits per heavy atom. The molecule has 4 nitrogen and oxygen atoms in total. The summed E-state index contributed by atoms with van der Waals surface area (Å²) in [5.41, 5.74) is 1.66. The molecule has 0 saturated carbocycles. The van der Waals surface area contributed by atoms with E-state index in [1.807, 2.05) is 13.0 Å². The first-order chi connectivity index (χ1) is 10.0. The number of rotatable bonds is 4. The Morgan fingerprint density at radius 3 is 2.86 bits per heavy atom. The minimum atomic E-state index is 0.0872. The van der Waals surface area contributed by atoms with Crippen molar-refractivity contribution in [3.05, 3.63) is 27.7 Å². The Hall–Kier alpha value is -1.33. The van der Waals surface area contributed by atoms with Crippen LogP contribution in [-0.2, 0) is 4.79 Å². The summed E-state index contributed by atoms with van der Waals surface area (Å²) < 4.78 is 5.98. The summed E-state index contributed by atoms with van der Waals surface area (Å²) in [5, 5.41) is 9.92. The van der Waals surface area contributed by atoms with Crippen LogP contribution in [0.1, 0.15) is 25.8 Å². The third kappa shape index (κ3) is 3.86. The van der Waals surface area contributed by atoms with Crippen LogP contribution >= 0.6 is 15.9 Å². The standard InChI is InChI=1S/C16H20BrNO3/c1-3-18-6-5-14(19)12(10-18)7-11-8-13(17)16(20)15(9-11)21-4-2/h7-9,20H,3-6,10H2,1-2H3/b12-7+. The number of phenols is 1. The molecule has 1 aromatic rings. The minimum absolute atomic E-state index is 0.0872. The monoisotopic (exact) mass is 353 g/mol. The highest BCUT2D eigenvalue weighted by Gasteiger charge is 2.20. The van der Waals surface area contributed by atoms with E-state index in [1.165, 1.54) is 0 Å². The summed E-state index contributed by atoms with van der Waals surface area (Å²) in [4.78, 5) is 14.3. The van der Waals surface area contributed by atoms with E-state index >= 15 is 0 Å².